The van der Waals surface area contributed by atoms with E-state index in [1.54, 1.807) is 0 Å². The van der Waals surface area contributed by atoms with Crippen molar-refractivity contribution < 1.29 is 9.59 Å². The second-order valence-corrected chi connectivity index (χ2v) is 9.69. The van der Waals surface area contributed by atoms with Gasteiger partial charge in [0.1, 0.15) is 5.25 Å². The number of hydrogen-bond acceptors (Lipinski definition) is 3. The molecule has 1 atom stereocenters. The Morgan fingerprint density at radius 2 is 1.46 bits per heavy atom. The van der Waals surface area contributed by atoms with Gasteiger partial charge in [-0.05, 0) is 67.8 Å². The van der Waals surface area contributed by atoms with Crippen molar-refractivity contribution in [3.05, 3.63) is 125 Å². The summed E-state index contributed by atoms with van der Waals surface area (Å²) in [6, 6.07) is 30.8. The highest BCUT2D eigenvalue weighted by atomic mass is 32.2. The second kappa shape index (κ2) is 11.1. The Morgan fingerprint density at radius 3 is 2.20 bits per heavy atom. The van der Waals surface area contributed by atoms with Gasteiger partial charge in [-0.2, -0.15) is 0 Å². The highest BCUT2D eigenvalue weighted by molar-refractivity contribution is 8.00. The van der Waals surface area contributed by atoms with Crippen molar-refractivity contribution in [1.82, 2.24) is 0 Å². The monoisotopic (exact) mass is 480 g/mol. The van der Waals surface area contributed by atoms with E-state index < -0.39 is 5.25 Å². The van der Waals surface area contributed by atoms with Crippen LogP contribution in [0, 0.1) is 20.8 Å². The van der Waals surface area contributed by atoms with E-state index in [2.05, 4.69) is 16.7 Å². The molecule has 0 aliphatic carbocycles. The molecule has 4 aromatic rings. The Hall–Kier alpha value is -3.83. The average Bonchev–Trinajstić information content (AvgIpc) is 2.85. The van der Waals surface area contributed by atoms with Crippen molar-refractivity contribution >= 4 is 35.0 Å². The van der Waals surface area contributed by atoms with E-state index in [1.165, 1.54) is 11.8 Å². The van der Waals surface area contributed by atoms with Crippen LogP contribution in [0.3, 0.4) is 0 Å². The number of amides is 2. The molecule has 4 nitrogen and oxygen atoms in total. The maximum Gasteiger partial charge on any atom is 0.255 e. The number of rotatable bonds is 7. The van der Waals surface area contributed by atoms with Crippen LogP contribution >= 0.6 is 11.8 Å². The number of nitrogens with one attached hydrogen (secondary N) is 2. The van der Waals surface area contributed by atoms with Crippen LogP contribution in [0.2, 0.25) is 0 Å². The minimum Gasteiger partial charge on any atom is -0.325 e. The van der Waals surface area contributed by atoms with Crippen molar-refractivity contribution in [3.8, 4) is 0 Å². The van der Waals surface area contributed by atoms with Gasteiger partial charge in [-0.25, -0.2) is 0 Å². The first-order valence-corrected chi connectivity index (χ1v) is 12.4. The zero-order valence-corrected chi connectivity index (χ0v) is 20.9. The topological polar surface area (TPSA) is 58.2 Å². The first kappa shape index (κ1) is 24.3. The van der Waals surface area contributed by atoms with Gasteiger partial charge in [0.15, 0.2) is 0 Å². The molecule has 2 amide bonds. The Balaban J connectivity index is 1.56. The van der Waals surface area contributed by atoms with Crippen LogP contribution in [0.4, 0.5) is 11.4 Å². The molecular formula is C30H28N2O2S. The van der Waals surface area contributed by atoms with Gasteiger partial charge >= 0.3 is 0 Å². The van der Waals surface area contributed by atoms with Crippen LogP contribution in [-0.4, -0.2) is 11.8 Å². The number of thioether (sulfide) groups is 1. The van der Waals surface area contributed by atoms with Crippen LogP contribution in [0.5, 0.6) is 0 Å². The molecule has 0 bridgehead atoms. The van der Waals surface area contributed by atoms with E-state index in [1.807, 2.05) is 112 Å². The van der Waals surface area contributed by atoms with Gasteiger partial charge in [-0.3, -0.25) is 9.59 Å². The van der Waals surface area contributed by atoms with Crippen LogP contribution in [0.15, 0.2) is 102 Å². The SMILES string of the molecule is Cc1ccc(NC(=O)C(Sc2cccc(NC(=O)c3ccccc3C)c2)c2ccccc2)c(C)c1. The van der Waals surface area contributed by atoms with Crippen LogP contribution in [0.25, 0.3) is 0 Å². The van der Waals surface area contributed by atoms with Gasteiger partial charge in [0, 0.05) is 21.8 Å². The van der Waals surface area contributed by atoms with E-state index >= 15 is 0 Å². The fourth-order valence-electron chi connectivity index (χ4n) is 3.86. The third-order valence-electron chi connectivity index (χ3n) is 5.72. The zero-order chi connectivity index (χ0) is 24.8. The van der Waals surface area contributed by atoms with Gasteiger partial charge in [-0.1, -0.05) is 72.3 Å². The van der Waals surface area contributed by atoms with E-state index in [4.69, 9.17) is 0 Å². The van der Waals surface area contributed by atoms with E-state index in [0.29, 0.717) is 11.3 Å². The molecule has 0 saturated carbocycles. The van der Waals surface area contributed by atoms with Crippen LogP contribution < -0.4 is 10.6 Å². The van der Waals surface area contributed by atoms with Gasteiger partial charge < -0.3 is 10.6 Å². The van der Waals surface area contributed by atoms with Crippen molar-refractivity contribution in [2.24, 2.45) is 0 Å². The third kappa shape index (κ3) is 6.19. The Bertz CT molecular complexity index is 1350. The summed E-state index contributed by atoms with van der Waals surface area (Å²) in [5.41, 5.74) is 6.14. The van der Waals surface area contributed by atoms with E-state index in [-0.39, 0.29) is 11.8 Å². The van der Waals surface area contributed by atoms with Crippen LogP contribution in [0.1, 0.15) is 37.9 Å². The normalized spacial score (nSPS) is 11.5. The standard InChI is InChI=1S/C30H28N2O2S/c1-20-16-17-27(22(3)18-20)32-30(34)28(23-11-5-4-6-12-23)35-25-14-9-13-24(19-25)31-29(33)26-15-8-7-10-21(26)2/h4-19,28H,1-3H3,(H,31,33)(H,32,34). The molecule has 5 heteroatoms. The first-order chi connectivity index (χ1) is 16.9. The van der Waals surface area contributed by atoms with Gasteiger partial charge in [0.05, 0.1) is 0 Å². The summed E-state index contributed by atoms with van der Waals surface area (Å²) in [4.78, 5) is 27.1. The highest BCUT2D eigenvalue weighted by Gasteiger charge is 2.23. The minimum atomic E-state index is -0.459. The molecule has 4 rings (SSSR count). The summed E-state index contributed by atoms with van der Waals surface area (Å²) in [6.07, 6.45) is 0. The summed E-state index contributed by atoms with van der Waals surface area (Å²) in [5, 5.41) is 5.62. The quantitative estimate of drug-likeness (QED) is 0.272. The van der Waals surface area contributed by atoms with E-state index in [9.17, 15) is 9.59 Å². The third-order valence-corrected chi connectivity index (χ3v) is 6.96. The molecule has 0 aromatic heterocycles. The molecule has 0 aliphatic rings. The Morgan fingerprint density at radius 1 is 0.714 bits per heavy atom. The smallest absolute Gasteiger partial charge is 0.255 e. The molecule has 2 N–H and O–H groups in total. The molecule has 35 heavy (non-hydrogen) atoms. The molecule has 0 heterocycles. The Kier molecular flexibility index (Phi) is 7.68. The molecule has 4 aromatic carbocycles. The lowest BCUT2D eigenvalue weighted by molar-refractivity contribution is -0.115. The molecule has 0 radical (unpaired) electrons. The lowest BCUT2D eigenvalue weighted by Crippen LogP contribution is -2.19. The summed E-state index contributed by atoms with van der Waals surface area (Å²) < 4.78 is 0. The number of anilines is 2. The maximum atomic E-state index is 13.4. The fraction of sp³-hybridized carbons (Fsp3) is 0.133. The summed E-state index contributed by atoms with van der Waals surface area (Å²) in [6.45, 7) is 5.94. The molecule has 0 fully saturated rings. The zero-order valence-electron chi connectivity index (χ0n) is 20.0. The lowest BCUT2D eigenvalue weighted by atomic mass is 10.1. The first-order valence-electron chi connectivity index (χ1n) is 11.5. The largest absolute Gasteiger partial charge is 0.325 e. The summed E-state index contributed by atoms with van der Waals surface area (Å²) in [5.74, 6) is -0.250. The van der Waals surface area contributed by atoms with Crippen molar-refractivity contribution in [2.45, 2.75) is 30.9 Å². The summed E-state index contributed by atoms with van der Waals surface area (Å²) in [7, 11) is 0. The molecule has 0 aliphatic heterocycles. The van der Waals surface area contributed by atoms with Crippen molar-refractivity contribution in [1.29, 1.82) is 0 Å². The minimum absolute atomic E-state index is 0.0949. The molecule has 1 unspecified atom stereocenters. The van der Waals surface area contributed by atoms with Gasteiger partial charge in [-0.15, -0.1) is 11.8 Å². The van der Waals surface area contributed by atoms with Crippen molar-refractivity contribution in [2.75, 3.05) is 10.6 Å². The Labute approximate surface area is 210 Å². The number of carbonyl (C=O) groups is 2. The fourth-order valence-corrected chi connectivity index (χ4v) is 4.95. The molecule has 176 valence electrons. The molecule has 0 saturated heterocycles. The predicted octanol–water partition coefficient (Wildman–Crippen LogP) is 7.34. The maximum absolute atomic E-state index is 13.4. The molecular weight excluding hydrogens is 452 g/mol. The number of hydrogen-bond donors (Lipinski definition) is 2. The van der Waals surface area contributed by atoms with Gasteiger partial charge in [0.2, 0.25) is 5.91 Å². The number of aryl methyl sites for hydroxylation is 3. The number of benzene rings is 4. The van der Waals surface area contributed by atoms with Gasteiger partial charge in [0.25, 0.3) is 5.91 Å². The molecule has 0 spiro atoms. The average molecular weight is 481 g/mol. The lowest BCUT2D eigenvalue weighted by Gasteiger charge is -2.19. The predicted molar refractivity (Wildman–Crippen MR) is 145 cm³/mol. The highest BCUT2D eigenvalue weighted by Crippen LogP contribution is 2.37. The van der Waals surface area contributed by atoms with Crippen molar-refractivity contribution in [3.63, 3.8) is 0 Å². The number of carbonyl (C=O) groups excluding carboxylic acids is 2. The van der Waals surface area contributed by atoms with E-state index in [0.717, 1.165) is 32.8 Å². The summed E-state index contributed by atoms with van der Waals surface area (Å²) >= 11 is 1.46. The second-order valence-electron chi connectivity index (χ2n) is 8.51. The van der Waals surface area contributed by atoms with Crippen LogP contribution in [-0.2, 0) is 4.79 Å².